The maximum absolute atomic E-state index is 12.4. The number of sulfonamides is 1. The normalized spacial score (nSPS) is 23.4. The fourth-order valence-corrected chi connectivity index (χ4v) is 4.42. The van der Waals surface area contributed by atoms with Crippen LogP contribution in [0.15, 0.2) is 0 Å². The van der Waals surface area contributed by atoms with E-state index < -0.39 is 10.0 Å². The summed E-state index contributed by atoms with van der Waals surface area (Å²) in [6, 6.07) is 0.0891. The summed E-state index contributed by atoms with van der Waals surface area (Å²) in [7, 11) is -1.03. The Kier molecular flexibility index (Phi) is 7.28. The van der Waals surface area contributed by atoms with Crippen molar-refractivity contribution in [2.24, 2.45) is 0 Å². The first-order valence-electron chi connectivity index (χ1n) is 7.36. The van der Waals surface area contributed by atoms with Gasteiger partial charge in [0.1, 0.15) is 0 Å². The van der Waals surface area contributed by atoms with E-state index in [1.54, 1.807) is 4.31 Å². The average Bonchev–Trinajstić information content (AvgIpc) is 2.50. The minimum Gasteiger partial charge on any atom is -0.317 e. The van der Waals surface area contributed by atoms with Crippen molar-refractivity contribution in [2.75, 3.05) is 45.5 Å². The monoisotopic (exact) mass is 291 g/mol. The second-order valence-corrected chi connectivity index (χ2v) is 7.49. The van der Waals surface area contributed by atoms with Crippen LogP contribution in [-0.4, -0.2) is 69.2 Å². The van der Waals surface area contributed by atoms with E-state index in [1.165, 1.54) is 0 Å². The Hall–Kier alpha value is -0.170. The van der Waals surface area contributed by atoms with Gasteiger partial charge in [-0.15, -0.1) is 0 Å². The van der Waals surface area contributed by atoms with Crippen LogP contribution in [0.4, 0.5) is 0 Å². The first-order valence-corrected chi connectivity index (χ1v) is 8.97. The molecule has 1 N–H and O–H groups in total. The van der Waals surface area contributed by atoms with Crippen LogP contribution in [0.5, 0.6) is 0 Å². The van der Waals surface area contributed by atoms with Crippen LogP contribution < -0.4 is 5.32 Å². The van der Waals surface area contributed by atoms with Gasteiger partial charge in [-0.1, -0.05) is 6.92 Å². The van der Waals surface area contributed by atoms with E-state index in [9.17, 15) is 8.42 Å². The van der Waals surface area contributed by atoms with Gasteiger partial charge in [0, 0.05) is 19.1 Å². The van der Waals surface area contributed by atoms with E-state index in [-0.39, 0.29) is 11.8 Å². The van der Waals surface area contributed by atoms with Gasteiger partial charge in [0.15, 0.2) is 0 Å². The van der Waals surface area contributed by atoms with Gasteiger partial charge in [-0.3, -0.25) is 0 Å². The van der Waals surface area contributed by atoms with Crippen molar-refractivity contribution >= 4 is 10.0 Å². The molecule has 1 aliphatic heterocycles. The molecule has 19 heavy (non-hydrogen) atoms. The molecular weight excluding hydrogens is 262 g/mol. The molecule has 1 atom stereocenters. The van der Waals surface area contributed by atoms with E-state index >= 15 is 0 Å². The second-order valence-electron chi connectivity index (χ2n) is 5.45. The van der Waals surface area contributed by atoms with Crippen molar-refractivity contribution in [3.05, 3.63) is 0 Å². The van der Waals surface area contributed by atoms with E-state index in [4.69, 9.17) is 0 Å². The van der Waals surface area contributed by atoms with Crippen molar-refractivity contribution in [2.45, 2.75) is 39.2 Å². The molecule has 1 unspecified atom stereocenters. The number of hydrogen-bond donors (Lipinski definition) is 1. The van der Waals surface area contributed by atoms with Crippen molar-refractivity contribution in [1.82, 2.24) is 14.5 Å². The summed E-state index contributed by atoms with van der Waals surface area (Å²) in [4.78, 5) is 2.21. The van der Waals surface area contributed by atoms with Crippen molar-refractivity contribution in [3.8, 4) is 0 Å². The molecule has 1 fully saturated rings. The van der Waals surface area contributed by atoms with Crippen LogP contribution in [0.2, 0.25) is 0 Å². The number of nitrogens with zero attached hydrogens (tertiary/aromatic N) is 2. The zero-order valence-electron chi connectivity index (χ0n) is 12.6. The van der Waals surface area contributed by atoms with E-state index in [1.807, 2.05) is 6.92 Å². The van der Waals surface area contributed by atoms with Gasteiger partial charge >= 0.3 is 0 Å². The molecule has 114 valence electrons. The topological polar surface area (TPSA) is 52.7 Å². The van der Waals surface area contributed by atoms with Crippen molar-refractivity contribution in [1.29, 1.82) is 0 Å². The van der Waals surface area contributed by atoms with Crippen molar-refractivity contribution < 1.29 is 8.42 Å². The third kappa shape index (κ3) is 5.77. The molecule has 1 heterocycles. The summed E-state index contributed by atoms with van der Waals surface area (Å²) in [6.07, 6.45) is 2.60. The molecule has 0 radical (unpaired) electrons. The highest BCUT2D eigenvalue weighted by Crippen LogP contribution is 2.15. The zero-order valence-corrected chi connectivity index (χ0v) is 13.4. The highest BCUT2D eigenvalue weighted by atomic mass is 32.2. The number of nitrogens with one attached hydrogen (secondary N) is 1. The molecule has 0 spiro atoms. The molecule has 0 aromatic rings. The Labute approximate surface area is 118 Å². The molecule has 0 aliphatic carbocycles. The largest absolute Gasteiger partial charge is 0.317 e. The Morgan fingerprint density at radius 3 is 2.68 bits per heavy atom. The Balaban J connectivity index is 2.46. The number of rotatable bonds is 7. The summed E-state index contributed by atoms with van der Waals surface area (Å²) >= 11 is 0. The standard InChI is InChI=1S/C13H29N3O2S/c1-4-14-8-5-6-11-19(17,18)16-10-7-9-15(3)12-13(16)2/h13-14H,4-12H2,1-3H3. The molecule has 0 bridgehead atoms. The molecule has 0 aromatic carbocycles. The summed E-state index contributed by atoms with van der Waals surface area (Å²) in [6.45, 7) is 8.41. The molecular formula is C13H29N3O2S. The summed E-state index contributed by atoms with van der Waals surface area (Å²) in [5, 5.41) is 3.22. The molecule has 0 saturated carbocycles. The molecule has 0 aromatic heterocycles. The number of unbranched alkanes of at least 4 members (excludes halogenated alkanes) is 1. The second kappa shape index (κ2) is 8.19. The van der Waals surface area contributed by atoms with Gasteiger partial charge in [-0.05, 0) is 52.9 Å². The van der Waals surface area contributed by atoms with Crippen LogP contribution in [0.25, 0.3) is 0 Å². The Morgan fingerprint density at radius 2 is 2.00 bits per heavy atom. The molecule has 5 nitrogen and oxygen atoms in total. The van der Waals surface area contributed by atoms with Crippen LogP contribution >= 0.6 is 0 Å². The number of hydrogen-bond acceptors (Lipinski definition) is 4. The van der Waals surface area contributed by atoms with Gasteiger partial charge in [0.2, 0.25) is 10.0 Å². The van der Waals surface area contributed by atoms with Gasteiger partial charge in [0.05, 0.1) is 5.75 Å². The van der Waals surface area contributed by atoms with Crippen LogP contribution in [-0.2, 0) is 10.0 Å². The first-order chi connectivity index (χ1) is 8.97. The van der Waals surface area contributed by atoms with Gasteiger partial charge in [-0.25, -0.2) is 8.42 Å². The third-order valence-corrected chi connectivity index (χ3v) is 5.66. The summed E-state index contributed by atoms with van der Waals surface area (Å²) in [5.41, 5.74) is 0. The average molecular weight is 291 g/mol. The fourth-order valence-electron chi connectivity index (χ4n) is 2.59. The lowest BCUT2D eigenvalue weighted by Crippen LogP contribution is -2.43. The highest BCUT2D eigenvalue weighted by molar-refractivity contribution is 7.89. The van der Waals surface area contributed by atoms with E-state index in [2.05, 4.69) is 24.2 Å². The molecule has 1 aliphatic rings. The smallest absolute Gasteiger partial charge is 0.214 e. The fraction of sp³-hybridized carbons (Fsp3) is 1.00. The van der Waals surface area contributed by atoms with Gasteiger partial charge in [0.25, 0.3) is 0 Å². The van der Waals surface area contributed by atoms with Crippen LogP contribution in [0.1, 0.15) is 33.1 Å². The number of likely N-dealkylation sites (N-methyl/N-ethyl adjacent to an activating group) is 1. The Bertz CT molecular complexity index is 346. The van der Waals surface area contributed by atoms with Crippen LogP contribution in [0.3, 0.4) is 0 Å². The quantitative estimate of drug-likeness (QED) is 0.703. The van der Waals surface area contributed by atoms with E-state index in [0.29, 0.717) is 6.54 Å². The molecule has 6 heteroatoms. The summed E-state index contributed by atoms with van der Waals surface area (Å²) in [5.74, 6) is 0.284. The van der Waals surface area contributed by atoms with Crippen LogP contribution in [0, 0.1) is 0 Å². The predicted octanol–water partition coefficient (Wildman–Crippen LogP) is 0.732. The lowest BCUT2D eigenvalue weighted by Gasteiger charge is -2.27. The van der Waals surface area contributed by atoms with Crippen molar-refractivity contribution in [3.63, 3.8) is 0 Å². The molecule has 1 saturated heterocycles. The van der Waals surface area contributed by atoms with Gasteiger partial charge < -0.3 is 10.2 Å². The lowest BCUT2D eigenvalue weighted by atomic mass is 10.3. The minimum absolute atomic E-state index is 0.0891. The highest BCUT2D eigenvalue weighted by Gasteiger charge is 2.29. The zero-order chi connectivity index (χ0) is 14.3. The van der Waals surface area contributed by atoms with E-state index in [0.717, 1.165) is 45.4 Å². The third-order valence-electron chi connectivity index (χ3n) is 3.60. The minimum atomic E-state index is -3.09. The SMILES string of the molecule is CCNCCCCS(=O)(=O)N1CCCN(C)CC1C. The maximum Gasteiger partial charge on any atom is 0.214 e. The lowest BCUT2D eigenvalue weighted by molar-refractivity contribution is 0.290. The Morgan fingerprint density at radius 1 is 1.26 bits per heavy atom. The summed E-state index contributed by atoms with van der Waals surface area (Å²) < 4.78 is 26.5. The first kappa shape index (κ1) is 16.9. The molecule has 1 rings (SSSR count). The maximum atomic E-state index is 12.4. The molecule has 0 amide bonds. The predicted molar refractivity (Wildman–Crippen MR) is 79.8 cm³/mol. The van der Waals surface area contributed by atoms with Gasteiger partial charge in [-0.2, -0.15) is 4.31 Å².